The highest BCUT2D eigenvalue weighted by Crippen LogP contribution is 2.46. The number of benzene rings is 2. The van der Waals surface area contributed by atoms with Crippen LogP contribution in [0.2, 0.25) is 5.02 Å². The minimum absolute atomic E-state index is 0.0566. The SMILES string of the molecule is CCc1cccc(-c2c(Cl)cccc2[C@](O)(CCCNC(=O)O)[C@@H]2CCCN(C(=O)[C@@H]3CCC[C@H](N)C3)C2)c1. The number of hydrogen-bond acceptors (Lipinski definition) is 4. The predicted molar refractivity (Wildman–Crippen MR) is 155 cm³/mol. The van der Waals surface area contributed by atoms with Gasteiger partial charge < -0.3 is 26.2 Å². The highest BCUT2D eigenvalue weighted by atomic mass is 35.5. The molecule has 8 heteroatoms. The molecule has 0 bridgehead atoms. The van der Waals surface area contributed by atoms with Gasteiger partial charge in [0.25, 0.3) is 0 Å². The number of hydrogen-bond donors (Lipinski definition) is 4. The van der Waals surface area contributed by atoms with Crippen molar-refractivity contribution in [1.82, 2.24) is 10.2 Å². The molecule has 1 saturated carbocycles. The van der Waals surface area contributed by atoms with Gasteiger partial charge in [0.1, 0.15) is 0 Å². The smallest absolute Gasteiger partial charge is 0.404 e. The summed E-state index contributed by atoms with van der Waals surface area (Å²) < 4.78 is 0. The number of piperidine rings is 1. The van der Waals surface area contributed by atoms with Crippen LogP contribution in [0.3, 0.4) is 0 Å². The molecule has 0 spiro atoms. The number of carbonyl (C=O) groups is 2. The van der Waals surface area contributed by atoms with Gasteiger partial charge in [0, 0.05) is 48.1 Å². The molecular weight excluding hydrogens is 514 g/mol. The number of aryl methyl sites for hydroxylation is 1. The summed E-state index contributed by atoms with van der Waals surface area (Å²) >= 11 is 6.82. The zero-order valence-corrected chi connectivity index (χ0v) is 23.6. The van der Waals surface area contributed by atoms with Crippen LogP contribution >= 0.6 is 11.6 Å². The molecule has 4 rings (SSSR count). The summed E-state index contributed by atoms with van der Waals surface area (Å²) in [5.41, 5.74) is 8.53. The second-order valence-corrected chi connectivity index (χ2v) is 11.6. The van der Waals surface area contributed by atoms with E-state index in [9.17, 15) is 14.7 Å². The molecule has 5 N–H and O–H groups in total. The van der Waals surface area contributed by atoms with Gasteiger partial charge in [-0.2, -0.15) is 0 Å². The van der Waals surface area contributed by atoms with E-state index >= 15 is 0 Å². The summed E-state index contributed by atoms with van der Waals surface area (Å²) in [6.07, 6.45) is 5.67. The first-order valence-corrected chi connectivity index (χ1v) is 14.7. The fourth-order valence-corrected chi connectivity index (χ4v) is 6.80. The van der Waals surface area contributed by atoms with Gasteiger partial charge in [-0.05, 0) is 74.1 Å². The molecule has 0 aromatic heterocycles. The van der Waals surface area contributed by atoms with Gasteiger partial charge in [-0.15, -0.1) is 0 Å². The van der Waals surface area contributed by atoms with Crippen LogP contribution in [0.5, 0.6) is 0 Å². The minimum Gasteiger partial charge on any atom is -0.465 e. The summed E-state index contributed by atoms with van der Waals surface area (Å²) in [6.45, 7) is 3.46. The van der Waals surface area contributed by atoms with E-state index in [4.69, 9.17) is 22.4 Å². The first-order valence-electron chi connectivity index (χ1n) is 14.3. The molecule has 2 aliphatic rings. The van der Waals surface area contributed by atoms with Crippen LogP contribution in [0, 0.1) is 11.8 Å². The molecule has 2 fully saturated rings. The molecule has 1 aliphatic heterocycles. The van der Waals surface area contributed by atoms with Crippen LogP contribution in [-0.4, -0.2) is 52.8 Å². The van der Waals surface area contributed by atoms with Crippen LogP contribution in [0.25, 0.3) is 11.1 Å². The minimum atomic E-state index is -1.30. The first-order chi connectivity index (χ1) is 18.7. The van der Waals surface area contributed by atoms with Crippen molar-refractivity contribution in [3.05, 3.63) is 58.6 Å². The van der Waals surface area contributed by atoms with Crippen molar-refractivity contribution >= 4 is 23.6 Å². The Kier molecular flexibility index (Phi) is 9.91. The lowest BCUT2D eigenvalue weighted by atomic mass is 9.72. The van der Waals surface area contributed by atoms with Gasteiger partial charge >= 0.3 is 6.09 Å². The van der Waals surface area contributed by atoms with Crippen molar-refractivity contribution in [1.29, 1.82) is 0 Å². The maximum atomic E-state index is 13.5. The molecular formula is C31H42ClN3O4. The molecule has 2 aromatic carbocycles. The first kappa shape index (κ1) is 29.4. The number of nitrogens with zero attached hydrogens (tertiary/aromatic N) is 1. The van der Waals surface area contributed by atoms with E-state index in [-0.39, 0.29) is 30.3 Å². The van der Waals surface area contributed by atoms with Gasteiger partial charge in [0.15, 0.2) is 0 Å². The van der Waals surface area contributed by atoms with E-state index in [0.29, 0.717) is 31.0 Å². The Hall–Kier alpha value is -2.61. The number of aliphatic hydroxyl groups is 1. The average Bonchev–Trinajstić information content (AvgIpc) is 2.94. The Morgan fingerprint density at radius 1 is 1.15 bits per heavy atom. The van der Waals surface area contributed by atoms with Crippen LogP contribution < -0.4 is 11.1 Å². The normalized spacial score (nSPS) is 23.2. The third-order valence-electron chi connectivity index (χ3n) is 8.59. The van der Waals surface area contributed by atoms with E-state index in [1.165, 1.54) is 5.56 Å². The number of amides is 2. The maximum absolute atomic E-state index is 13.5. The Labute approximate surface area is 236 Å². The zero-order valence-electron chi connectivity index (χ0n) is 22.9. The van der Waals surface area contributed by atoms with Crippen molar-refractivity contribution in [3.63, 3.8) is 0 Å². The summed E-state index contributed by atoms with van der Waals surface area (Å²) in [4.78, 5) is 26.6. The third-order valence-corrected chi connectivity index (χ3v) is 8.90. The van der Waals surface area contributed by atoms with Gasteiger partial charge in [0.05, 0.1) is 5.60 Å². The molecule has 39 heavy (non-hydrogen) atoms. The lowest BCUT2D eigenvalue weighted by Crippen LogP contribution is -2.50. The quantitative estimate of drug-likeness (QED) is 0.302. The number of carboxylic acid groups (broad SMARTS) is 1. The average molecular weight is 556 g/mol. The highest BCUT2D eigenvalue weighted by molar-refractivity contribution is 6.33. The van der Waals surface area contributed by atoms with Crippen molar-refractivity contribution in [2.75, 3.05) is 19.6 Å². The number of rotatable bonds is 9. The Balaban J connectivity index is 1.69. The number of carbonyl (C=O) groups excluding carboxylic acids is 1. The fourth-order valence-electron chi connectivity index (χ4n) is 6.51. The van der Waals surface area contributed by atoms with E-state index in [1.807, 2.05) is 35.2 Å². The molecule has 1 saturated heterocycles. The Morgan fingerprint density at radius 3 is 2.69 bits per heavy atom. The molecule has 0 radical (unpaired) electrons. The molecule has 212 valence electrons. The topological polar surface area (TPSA) is 116 Å². The maximum Gasteiger partial charge on any atom is 0.404 e. The summed E-state index contributed by atoms with van der Waals surface area (Å²) in [6, 6.07) is 13.9. The fraction of sp³-hybridized carbons (Fsp3) is 0.548. The van der Waals surface area contributed by atoms with Crippen molar-refractivity contribution in [2.45, 2.75) is 76.4 Å². The van der Waals surface area contributed by atoms with E-state index in [1.54, 1.807) is 0 Å². The molecule has 2 aromatic rings. The van der Waals surface area contributed by atoms with Gasteiger partial charge in [-0.3, -0.25) is 4.79 Å². The zero-order chi connectivity index (χ0) is 28.0. The van der Waals surface area contributed by atoms with Gasteiger partial charge in [-0.1, -0.05) is 61.3 Å². The molecule has 0 unspecified atom stereocenters. The lowest BCUT2D eigenvalue weighted by molar-refractivity contribution is -0.142. The summed E-state index contributed by atoms with van der Waals surface area (Å²) in [5.74, 6) is -0.130. The molecule has 4 atom stereocenters. The number of nitrogens with one attached hydrogen (secondary N) is 1. The van der Waals surface area contributed by atoms with Crippen LogP contribution in [0.4, 0.5) is 4.79 Å². The molecule has 1 heterocycles. The van der Waals surface area contributed by atoms with Crippen molar-refractivity contribution < 1.29 is 19.8 Å². The van der Waals surface area contributed by atoms with E-state index in [0.717, 1.165) is 61.6 Å². The largest absolute Gasteiger partial charge is 0.465 e. The predicted octanol–water partition coefficient (Wildman–Crippen LogP) is 5.56. The van der Waals surface area contributed by atoms with Crippen LogP contribution in [0.15, 0.2) is 42.5 Å². The van der Waals surface area contributed by atoms with Crippen molar-refractivity contribution in [2.24, 2.45) is 17.6 Å². The highest BCUT2D eigenvalue weighted by Gasteiger charge is 2.43. The monoisotopic (exact) mass is 555 g/mol. The van der Waals surface area contributed by atoms with Gasteiger partial charge in [0.2, 0.25) is 5.91 Å². The number of halogens is 1. The third kappa shape index (κ3) is 6.94. The second-order valence-electron chi connectivity index (χ2n) is 11.2. The molecule has 1 aliphatic carbocycles. The number of nitrogens with two attached hydrogens (primary N) is 1. The van der Waals surface area contributed by atoms with Crippen LogP contribution in [0.1, 0.15) is 69.4 Å². The Morgan fingerprint density at radius 2 is 1.95 bits per heavy atom. The summed E-state index contributed by atoms with van der Waals surface area (Å²) in [5, 5.41) is 24.7. The van der Waals surface area contributed by atoms with Crippen molar-refractivity contribution in [3.8, 4) is 11.1 Å². The molecule has 2 amide bonds. The van der Waals surface area contributed by atoms with Crippen LogP contribution in [-0.2, 0) is 16.8 Å². The van der Waals surface area contributed by atoms with Gasteiger partial charge in [-0.25, -0.2) is 4.79 Å². The standard InChI is InChI=1S/C31H42ClN3O4/c1-2-21-8-3-9-22(18-21)28-26(13-5-14-27(28)32)31(39,15-7-16-34-30(37)38)24-11-6-17-35(20-24)29(36)23-10-4-12-25(33)19-23/h3,5,8-9,13-14,18,23-25,34,39H,2,4,6-7,10-12,15-17,19-20,33H2,1H3,(H,37,38)/t23-,24-,25+,31+/m1/s1. The molecule has 7 nitrogen and oxygen atoms in total. The van der Waals surface area contributed by atoms with E-state index in [2.05, 4.69) is 24.4 Å². The summed E-state index contributed by atoms with van der Waals surface area (Å²) in [7, 11) is 0. The number of likely N-dealkylation sites (tertiary alicyclic amines) is 1. The Bertz CT molecular complexity index is 1160. The lowest BCUT2D eigenvalue weighted by Gasteiger charge is -2.44. The van der Waals surface area contributed by atoms with E-state index < -0.39 is 11.7 Å². The second kappa shape index (κ2) is 13.2.